The zero-order chi connectivity index (χ0) is 15.8. The van der Waals surface area contributed by atoms with Crippen molar-refractivity contribution in [3.8, 4) is 0 Å². The molecule has 6 heteroatoms. The van der Waals surface area contributed by atoms with Crippen LogP contribution in [0.2, 0.25) is 5.02 Å². The van der Waals surface area contributed by atoms with Gasteiger partial charge in [0.05, 0.1) is 6.04 Å². The summed E-state index contributed by atoms with van der Waals surface area (Å²) in [5, 5.41) is 14.2. The number of benzene rings is 1. The van der Waals surface area contributed by atoms with Crippen molar-refractivity contribution < 1.29 is 0 Å². The molecule has 0 bridgehead atoms. The molecule has 0 unspecified atom stereocenters. The third kappa shape index (κ3) is 5.93. The van der Waals surface area contributed by atoms with Gasteiger partial charge < -0.3 is 11.1 Å². The fraction of sp³-hybridized carbons (Fsp3) is 0.500. The van der Waals surface area contributed by atoms with E-state index in [1.54, 1.807) is 0 Å². The smallest absolute Gasteiger partial charge is 0.198 e. The Balaban J connectivity index is 1.98. The summed E-state index contributed by atoms with van der Waals surface area (Å²) < 4.78 is 0. The first kappa shape index (κ1) is 16.6. The lowest BCUT2D eigenvalue weighted by Crippen LogP contribution is -2.44. The normalized spacial score (nSPS) is 16.9. The minimum Gasteiger partial charge on any atom is -0.370 e. The Bertz CT molecular complexity index is 504. The third-order valence-electron chi connectivity index (χ3n) is 3.76. The lowest BCUT2D eigenvalue weighted by Gasteiger charge is -2.15. The minimum atomic E-state index is -0.101. The second-order valence-electron chi connectivity index (χ2n) is 5.64. The summed E-state index contributed by atoms with van der Waals surface area (Å²) >= 11 is 5.89. The highest BCUT2D eigenvalue weighted by Crippen LogP contribution is 2.19. The summed E-state index contributed by atoms with van der Waals surface area (Å²) in [6.07, 6.45) is 7.23. The largest absolute Gasteiger partial charge is 0.370 e. The number of aliphatic imine (C=N–C) groups is 1. The van der Waals surface area contributed by atoms with Gasteiger partial charge >= 0.3 is 0 Å². The summed E-state index contributed by atoms with van der Waals surface area (Å²) in [6.45, 7) is 0.614. The van der Waals surface area contributed by atoms with E-state index in [-0.39, 0.29) is 5.96 Å². The predicted molar refractivity (Wildman–Crippen MR) is 92.3 cm³/mol. The molecular formula is C16H24ClN5. The fourth-order valence-corrected chi connectivity index (χ4v) is 2.73. The maximum Gasteiger partial charge on any atom is 0.198 e. The first-order chi connectivity index (χ1) is 10.6. The van der Waals surface area contributed by atoms with Crippen LogP contribution in [0.5, 0.6) is 0 Å². The quantitative estimate of drug-likeness (QED) is 0.392. The standard InChI is InChI=1S/C16H24ClN5/c17-13-9-7-12(8-10-13)11-20-16(22-15(18)19)21-14-5-3-1-2-4-6-14/h7-10,14H,1-6,11H2,(H5,18,19,20,21,22). The molecule has 0 aliphatic heterocycles. The molecule has 0 radical (unpaired) electrons. The number of guanidine groups is 2. The van der Waals surface area contributed by atoms with Gasteiger partial charge in [0.15, 0.2) is 11.9 Å². The molecule has 1 aromatic rings. The molecule has 1 aromatic carbocycles. The monoisotopic (exact) mass is 321 g/mol. The van der Waals surface area contributed by atoms with Crippen LogP contribution in [0.4, 0.5) is 0 Å². The Morgan fingerprint density at radius 2 is 1.82 bits per heavy atom. The fourth-order valence-electron chi connectivity index (χ4n) is 2.61. The van der Waals surface area contributed by atoms with Crippen molar-refractivity contribution in [3.05, 3.63) is 34.9 Å². The van der Waals surface area contributed by atoms with Gasteiger partial charge in [-0.2, -0.15) is 0 Å². The van der Waals surface area contributed by atoms with E-state index in [4.69, 9.17) is 27.7 Å². The molecule has 0 amide bonds. The number of nitrogens with zero attached hydrogens (tertiary/aromatic N) is 1. The van der Waals surface area contributed by atoms with Gasteiger partial charge in [-0.25, -0.2) is 4.99 Å². The third-order valence-corrected chi connectivity index (χ3v) is 4.01. The van der Waals surface area contributed by atoms with E-state index in [0.29, 0.717) is 18.5 Å². The Morgan fingerprint density at radius 1 is 1.18 bits per heavy atom. The molecule has 0 aromatic heterocycles. The number of halogens is 1. The molecule has 1 fully saturated rings. The van der Waals surface area contributed by atoms with E-state index >= 15 is 0 Å². The SMILES string of the molecule is N=C(N)N/C(=N/C1CCCCCC1)NCc1ccc(Cl)cc1. The molecular weight excluding hydrogens is 298 g/mol. The first-order valence-corrected chi connectivity index (χ1v) is 8.18. The van der Waals surface area contributed by atoms with Crippen LogP contribution < -0.4 is 16.4 Å². The van der Waals surface area contributed by atoms with Gasteiger partial charge in [-0.3, -0.25) is 10.7 Å². The van der Waals surface area contributed by atoms with Crippen LogP contribution in [-0.4, -0.2) is 18.0 Å². The van der Waals surface area contributed by atoms with Gasteiger partial charge in [-0.1, -0.05) is 49.4 Å². The van der Waals surface area contributed by atoms with Crippen molar-refractivity contribution in [3.63, 3.8) is 0 Å². The Kier molecular flexibility index (Phi) is 6.52. The van der Waals surface area contributed by atoms with Gasteiger partial charge in [0.2, 0.25) is 0 Å². The average molecular weight is 322 g/mol. The van der Waals surface area contributed by atoms with Crippen LogP contribution in [-0.2, 0) is 6.54 Å². The van der Waals surface area contributed by atoms with Crippen LogP contribution in [0.25, 0.3) is 0 Å². The van der Waals surface area contributed by atoms with Crippen molar-refractivity contribution in [2.45, 2.75) is 51.1 Å². The number of rotatable bonds is 3. The van der Waals surface area contributed by atoms with Crippen LogP contribution in [0.1, 0.15) is 44.1 Å². The molecule has 0 heterocycles. The Labute approximate surface area is 136 Å². The second-order valence-corrected chi connectivity index (χ2v) is 6.08. The molecule has 22 heavy (non-hydrogen) atoms. The lowest BCUT2D eigenvalue weighted by atomic mass is 10.1. The Hall–Kier alpha value is -1.75. The van der Waals surface area contributed by atoms with E-state index in [9.17, 15) is 0 Å². The number of nitrogens with two attached hydrogens (primary N) is 1. The summed E-state index contributed by atoms with van der Waals surface area (Å²) in [5.74, 6) is 0.477. The lowest BCUT2D eigenvalue weighted by molar-refractivity contribution is 0.580. The second kappa shape index (κ2) is 8.63. The van der Waals surface area contributed by atoms with Crippen molar-refractivity contribution in [1.82, 2.24) is 10.6 Å². The average Bonchev–Trinajstić information content (AvgIpc) is 2.74. The molecule has 0 atom stereocenters. The molecule has 0 spiro atoms. The van der Waals surface area contributed by atoms with Crippen molar-refractivity contribution in [2.75, 3.05) is 0 Å². The van der Waals surface area contributed by atoms with E-state index in [0.717, 1.165) is 23.4 Å². The van der Waals surface area contributed by atoms with Crippen LogP contribution in [0, 0.1) is 5.41 Å². The molecule has 5 N–H and O–H groups in total. The van der Waals surface area contributed by atoms with E-state index in [1.165, 1.54) is 25.7 Å². The first-order valence-electron chi connectivity index (χ1n) is 7.80. The summed E-state index contributed by atoms with van der Waals surface area (Å²) in [5.41, 5.74) is 6.55. The molecule has 1 aliphatic carbocycles. The van der Waals surface area contributed by atoms with E-state index in [1.807, 2.05) is 24.3 Å². The Morgan fingerprint density at radius 3 is 2.41 bits per heavy atom. The summed E-state index contributed by atoms with van der Waals surface area (Å²) in [6, 6.07) is 7.96. The zero-order valence-corrected chi connectivity index (χ0v) is 13.5. The van der Waals surface area contributed by atoms with Crippen molar-refractivity contribution in [2.24, 2.45) is 10.7 Å². The van der Waals surface area contributed by atoms with Gasteiger partial charge in [0.1, 0.15) is 0 Å². The molecule has 0 saturated heterocycles. The van der Waals surface area contributed by atoms with Gasteiger partial charge in [0, 0.05) is 11.6 Å². The van der Waals surface area contributed by atoms with Crippen molar-refractivity contribution in [1.29, 1.82) is 5.41 Å². The molecule has 1 saturated carbocycles. The molecule has 1 aliphatic rings. The highest BCUT2D eigenvalue weighted by Gasteiger charge is 2.12. The maximum absolute atomic E-state index is 7.42. The zero-order valence-electron chi connectivity index (χ0n) is 12.7. The van der Waals surface area contributed by atoms with E-state index in [2.05, 4.69) is 10.6 Å². The summed E-state index contributed by atoms with van der Waals surface area (Å²) in [4.78, 5) is 4.72. The van der Waals surface area contributed by atoms with Crippen LogP contribution >= 0.6 is 11.6 Å². The summed E-state index contributed by atoms with van der Waals surface area (Å²) in [7, 11) is 0. The van der Waals surface area contributed by atoms with Crippen LogP contribution in [0.15, 0.2) is 29.3 Å². The predicted octanol–water partition coefficient (Wildman–Crippen LogP) is 2.99. The maximum atomic E-state index is 7.42. The highest BCUT2D eigenvalue weighted by molar-refractivity contribution is 6.30. The highest BCUT2D eigenvalue weighted by atomic mass is 35.5. The number of hydrogen-bond donors (Lipinski definition) is 4. The molecule has 5 nitrogen and oxygen atoms in total. The van der Waals surface area contributed by atoms with Gasteiger partial charge in [-0.15, -0.1) is 0 Å². The van der Waals surface area contributed by atoms with Crippen LogP contribution in [0.3, 0.4) is 0 Å². The number of nitrogens with one attached hydrogen (secondary N) is 3. The van der Waals surface area contributed by atoms with Gasteiger partial charge in [-0.05, 0) is 30.5 Å². The minimum absolute atomic E-state index is 0.101. The van der Waals surface area contributed by atoms with Crippen molar-refractivity contribution >= 4 is 23.5 Å². The topological polar surface area (TPSA) is 86.3 Å². The number of hydrogen-bond acceptors (Lipinski definition) is 2. The molecule has 2 rings (SSSR count). The van der Waals surface area contributed by atoms with Gasteiger partial charge in [0.25, 0.3) is 0 Å². The molecule has 120 valence electrons. The van der Waals surface area contributed by atoms with E-state index < -0.39 is 0 Å².